The van der Waals surface area contributed by atoms with E-state index in [0.29, 0.717) is 0 Å². The maximum atomic E-state index is 10.9. The molecule has 68 valence electrons. The molecule has 0 aromatic carbocycles. The zero-order valence-electron chi connectivity index (χ0n) is 6.32. The third kappa shape index (κ3) is 2.50. The van der Waals surface area contributed by atoms with Crippen LogP contribution in [0, 0.1) is 0 Å². The van der Waals surface area contributed by atoms with Crippen molar-refractivity contribution in [3.63, 3.8) is 0 Å². The lowest BCUT2D eigenvalue weighted by molar-refractivity contribution is -0.130. The molecule has 1 atom stereocenters. The first-order valence-electron chi connectivity index (χ1n) is 3.18. The van der Waals surface area contributed by atoms with Gasteiger partial charge in [-0.2, -0.15) is 0 Å². The number of aliphatic carboxylic acids is 1. The summed E-state index contributed by atoms with van der Waals surface area (Å²) in [4.78, 5) is 21.2. The van der Waals surface area contributed by atoms with Crippen LogP contribution in [0.15, 0.2) is 5.16 Å². The summed E-state index contributed by atoms with van der Waals surface area (Å²) in [6.07, 6.45) is 0.284. The predicted molar refractivity (Wildman–Crippen MR) is 41.8 cm³/mol. The van der Waals surface area contributed by atoms with Gasteiger partial charge in [-0.1, -0.05) is 12.1 Å². The lowest BCUT2D eigenvalue weighted by atomic mass is 10.1. The van der Waals surface area contributed by atoms with E-state index in [2.05, 4.69) is 5.16 Å². The van der Waals surface area contributed by atoms with Crippen molar-refractivity contribution in [2.75, 3.05) is 0 Å². The Balaban J connectivity index is 4.56. The van der Waals surface area contributed by atoms with Crippen LogP contribution in [0.25, 0.3) is 0 Å². The smallest absolute Gasteiger partial charge is 0.361 e. The van der Waals surface area contributed by atoms with E-state index in [0.717, 1.165) is 0 Å². The number of Topliss-reactive ketones (excluding diaryl/α,β-unsaturated/α-hetero) is 1. The molecule has 0 aliphatic carbocycles. The van der Waals surface area contributed by atoms with Crippen molar-refractivity contribution in [1.82, 2.24) is 0 Å². The van der Waals surface area contributed by atoms with Gasteiger partial charge in [-0.3, -0.25) is 4.79 Å². The number of rotatable bonds is 4. The normalized spacial score (nSPS) is 14.0. The molecule has 0 radical (unpaired) electrons. The van der Waals surface area contributed by atoms with Crippen LogP contribution in [0.2, 0.25) is 0 Å². The summed E-state index contributed by atoms with van der Waals surface area (Å²) in [6.45, 7) is 1.62. The predicted octanol–water partition coefficient (Wildman–Crippen LogP) is 0.488. The Bertz CT molecular complexity index is 226. The Morgan fingerprint density at radius 1 is 1.58 bits per heavy atom. The number of hydrogen-bond acceptors (Lipinski definition) is 4. The van der Waals surface area contributed by atoms with Crippen molar-refractivity contribution in [3.05, 3.63) is 0 Å². The fraction of sp³-hybridized carbons (Fsp3) is 0.500. The molecule has 0 aromatic heterocycles. The highest BCUT2D eigenvalue weighted by Crippen LogP contribution is 2.03. The maximum absolute atomic E-state index is 10.9. The highest BCUT2D eigenvalue weighted by atomic mass is 35.5. The van der Waals surface area contributed by atoms with Crippen molar-refractivity contribution in [2.24, 2.45) is 5.16 Å². The van der Waals surface area contributed by atoms with Gasteiger partial charge < -0.3 is 10.3 Å². The van der Waals surface area contributed by atoms with Crippen LogP contribution in [0.4, 0.5) is 0 Å². The average molecular weight is 194 g/mol. The molecular formula is C6H8ClNO4. The molecule has 0 aromatic rings. The summed E-state index contributed by atoms with van der Waals surface area (Å²) in [5.74, 6) is -2.46. The fourth-order valence-corrected chi connectivity index (χ4v) is 0.635. The van der Waals surface area contributed by atoms with Crippen molar-refractivity contribution >= 4 is 29.1 Å². The van der Waals surface area contributed by atoms with Crippen molar-refractivity contribution in [1.29, 1.82) is 0 Å². The number of alkyl halides is 1. The number of carboxylic acids is 1. The summed E-state index contributed by atoms with van der Waals surface area (Å²) in [5.41, 5.74) is -0.933. The van der Waals surface area contributed by atoms with E-state index in [-0.39, 0.29) is 6.42 Å². The molecule has 0 aliphatic heterocycles. The maximum Gasteiger partial charge on any atom is 0.361 e. The highest BCUT2D eigenvalue weighted by Gasteiger charge is 2.25. The van der Waals surface area contributed by atoms with Gasteiger partial charge in [-0.05, 0) is 6.42 Å². The second-order valence-corrected chi connectivity index (χ2v) is 2.52. The Morgan fingerprint density at radius 3 is 2.33 bits per heavy atom. The van der Waals surface area contributed by atoms with Gasteiger partial charge in [0.1, 0.15) is 0 Å². The van der Waals surface area contributed by atoms with E-state index in [1.165, 1.54) is 0 Å². The number of ketones is 1. The summed E-state index contributed by atoms with van der Waals surface area (Å²) in [7, 11) is 0. The number of nitrogens with zero attached hydrogens (tertiary/aromatic N) is 1. The highest BCUT2D eigenvalue weighted by molar-refractivity contribution is 6.68. The van der Waals surface area contributed by atoms with Gasteiger partial charge in [0.2, 0.25) is 11.5 Å². The quantitative estimate of drug-likeness (QED) is 0.224. The van der Waals surface area contributed by atoms with Crippen molar-refractivity contribution < 1.29 is 19.9 Å². The molecule has 2 N–H and O–H groups in total. The molecule has 0 fully saturated rings. The largest absolute Gasteiger partial charge is 0.476 e. The van der Waals surface area contributed by atoms with Gasteiger partial charge in [0.15, 0.2) is 0 Å². The van der Waals surface area contributed by atoms with Gasteiger partial charge in [0.25, 0.3) is 0 Å². The summed E-state index contributed by atoms with van der Waals surface area (Å²) in [6, 6.07) is 0. The van der Waals surface area contributed by atoms with Crippen LogP contribution >= 0.6 is 11.6 Å². The fourth-order valence-electron chi connectivity index (χ4n) is 0.531. The molecule has 0 aliphatic rings. The first-order valence-corrected chi connectivity index (χ1v) is 3.61. The monoisotopic (exact) mass is 193 g/mol. The molecule has 0 amide bonds. The van der Waals surface area contributed by atoms with E-state index >= 15 is 0 Å². The van der Waals surface area contributed by atoms with E-state index in [1.807, 2.05) is 0 Å². The van der Waals surface area contributed by atoms with Crippen LogP contribution in [0.1, 0.15) is 13.3 Å². The summed E-state index contributed by atoms with van der Waals surface area (Å²) >= 11 is 5.43. The van der Waals surface area contributed by atoms with Gasteiger partial charge in [-0.15, -0.1) is 11.6 Å². The van der Waals surface area contributed by atoms with Crippen LogP contribution in [0.5, 0.6) is 0 Å². The molecule has 0 rings (SSSR count). The molecule has 5 nitrogen and oxygen atoms in total. The number of oxime groups is 1. The molecule has 0 bridgehead atoms. The van der Waals surface area contributed by atoms with E-state index in [4.69, 9.17) is 21.9 Å². The Morgan fingerprint density at radius 2 is 2.08 bits per heavy atom. The van der Waals surface area contributed by atoms with E-state index in [1.54, 1.807) is 6.92 Å². The number of hydrogen-bond donors (Lipinski definition) is 2. The van der Waals surface area contributed by atoms with Gasteiger partial charge in [-0.25, -0.2) is 4.79 Å². The minimum absolute atomic E-state index is 0.284. The van der Waals surface area contributed by atoms with Gasteiger partial charge in [0, 0.05) is 0 Å². The van der Waals surface area contributed by atoms with Crippen LogP contribution < -0.4 is 0 Å². The molecule has 0 saturated carbocycles. The van der Waals surface area contributed by atoms with Gasteiger partial charge in [0.05, 0.1) is 5.38 Å². The standard InChI is InChI=1S/C6H8ClNO4/c1-2-3(7)5(9)4(8-12)6(10)11/h3,12H,2H2,1H3,(H,10,11). The molecule has 0 heterocycles. The zero-order valence-corrected chi connectivity index (χ0v) is 7.08. The molecule has 0 spiro atoms. The van der Waals surface area contributed by atoms with Gasteiger partial charge >= 0.3 is 5.97 Å². The van der Waals surface area contributed by atoms with Crippen LogP contribution in [-0.4, -0.2) is 33.2 Å². The van der Waals surface area contributed by atoms with Crippen LogP contribution in [0.3, 0.4) is 0 Å². The topological polar surface area (TPSA) is 87.0 Å². The number of carboxylic acid groups (broad SMARTS) is 1. The number of halogens is 1. The van der Waals surface area contributed by atoms with Crippen LogP contribution in [-0.2, 0) is 9.59 Å². The molecule has 12 heavy (non-hydrogen) atoms. The zero-order chi connectivity index (χ0) is 9.72. The number of carbonyl (C=O) groups excluding carboxylic acids is 1. The van der Waals surface area contributed by atoms with Crippen molar-refractivity contribution in [3.8, 4) is 0 Å². The Hall–Kier alpha value is -1.10. The number of carbonyl (C=O) groups is 2. The van der Waals surface area contributed by atoms with E-state index < -0.39 is 22.8 Å². The molecule has 6 heteroatoms. The Labute approximate surface area is 73.6 Å². The average Bonchev–Trinajstić information content (AvgIpc) is 2.03. The first-order chi connectivity index (χ1) is 5.54. The third-order valence-electron chi connectivity index (χ3n) is 1.18. The second-order valence-electron chi connectivity index (χ2n) is 1.99. The summed E-state index contributed by atoms with van der Waals surface area (Å²) in [5, 5.41) is 17.8. The molecule has 1 unspecified atom stereocenters. The van der Waals surface area contributed by atoms with E-state index in [9.17, 15) is 9.59 Å². The third-order valence-corrected chi connectivity index (χ3v) is 1.69. The first kappa shape index (κ1) is 10.9. The minimum Gasteiger partial charge on any atom is -0.476 e. The minimum atomic E-state index is -1.58. The molecule has 0 saturated heterocycles. The second kappa shape index (κ2) is 4.71. The Kier molecular flexibility index (Phi) is 4.28. The lowest BCUT2D eigenvalue weighted by Gasteiger charge is -2.02. The van der Waals surface area contributed by atoms with Crippen molar-refractivity contribution in [2.45, 2.75) is 18.7 Å². The lowest BCUT2D eigenvalue weighted by Crippen LogP contribution is -2.30. The SMILES string of the molecule is CCC(Cl)C(=O)C(=NO)C(=O)O. The summed E-state index contributed by atoms with van der Waals surface area (Å²) < 4.78 is 0. The molecular weight excluding hydrogens is 186 g/mol.